The van der Waals surface area contributed by atoms with Crippen LogP contribution in [0.1, 0.15) is 11.1 Å². The van der Waals surface area contributed by atoms with Crippen LogP contribution in [-0.2, 0) is 17.8 Å². The molecule has 3 N–H and O–H groups in total. The van der Waals surface area contributed by atoms with Crippen LogP contribution in [0.5, 0.6) is 5.75 Å². The van der Waals surface area contributed by atoms with Crippen molar-refractivity contribution in [3.8, 4) is 5.75 Å². The van der Waals surface area contributed by atoms with Crippen molar-refractivity contribution < 1.29 is 15.0 Å². The monoisotopic (exact) mass is 272 g/mol. The number of pyridine rings is 1. The number of aromatic hydroxyl groups is 1. The molecular weight excluding hydrogens is 256 g/mol. The lowest BCUT2D eigenvalue weighted by Crippen LogP contribution is -2.38. The summed E-state index contributed by atoms with van der Waals surface area (Å²) in [4.78, 5) is 15.2. The van der Waals surface area contributed by atoms with E-state index in [1.54, 1.807) is 36.7 Å². The summed E-state index contributed by atoms with van der Waals surface area (Å²) in [5.74, 6) is -0.725. The number of phenols is 1. The summed E-state index contributed by atoms with van der Waals surface area (Å²) in [5, 5.41) is 21.5. The van der Waals surface area contributed by atoms with E-state index in [0.717, 1.165) is 11.1 Å². The Labute approximate surface area is 116 Å². The maximum Gasteiger partial charge on any atom is 0.321 e. The lowest BCUT2D eigenvalue weighted by molar-refractivity contribution is -0.139. The average Bonchev–Trinajstić information content (AvgIpc) is 2.46. The molecule has 2 aromatic rings. The number of hydrogen-bond donors (Lipinski definition) is 3. The van der Waals surface area contributed by atoms with Crippen molar-refractivity contribution in [1.82, 2.24) is 10.3 Å². The normalized spacial score (nSPS) is 12.0. The first-order valence-corrected chi connectivity index (χ1v) is 6.28. The summed E-state index contributed by atoms with van der Waals surface area (Å²) < 4.78 is 0. The van der Waals surface area contributed by atoms with Crippen LogP contribution in [0.4, 0.5) is 0 Å². The van der Waals surface area contributed by atoms with Crippen molar-refractivity contribution in [3.05, 3.63) is 59.9 Å². The van der Waals surface area contributed by atoms with Gasteiger partial charge in [0.05, 0.1) is 0 Å². The van der Waals surface area contributed by atoms with Gasteiger partial charge in [-0.2, -0.15) is 0 Å². The molecule has 2 rings (SSSR count). The Kier molecular flexibility index (Phi) is 4.68. The van der Waals surface area contributed by atoms with Gasteiger partial charge in [-0.05, 0) is 41.8 Å². The van der Waals surface area contributed by atoms with Gasteiger partial charge in [0.2, 0.25) is 0 Å². The first-order chi connectivity index (χ1) is 9.65. The summed E-state index contributed by atoms with van der Waals surface area (Å²) in [6, 6.07) is 9.55. The number of aliphatic carboxylic acids is 1. The molecule has 0 fully saturated rings. The highest BCUT2D eigenvalue weighted by Gasteiger charge is 2.17. The number of rotatable bonds is 6. The molecular formula is C15H16N2O3. The maximum absolute atomic E-state index is 11.3. The Morgan fingerprint density at radius 1 is 1.10 bits per heavy atom. The van der Waals surface area contributed by atoms with Crippen LogP contribution in [0.3, 0.4) is 0 Å². The van der Waals surface area contributed by atoms with E-state index in [-0.39, 0.29) is 5.75 Å². The molecule has 0 aliphatic heterocycles. The highest BCUT2D eigenvalue weighted by molar-refractivity contribution is 5.73. The molecule has 1 aromatic heterocycles. The molecule has 1 aromatic carbocycles. The molecule has 20 heavy (non-hydrogen) atoms. The first-order valence-electron chi connectivity index (χ1n) is 6.28. The summed E-state index contributed by atoms with van der Waals surface area (Å²) in [5.41, 5.74) is 1.84. The van der Waals surface area contributed by atoms with Gasteiger partial charge in [-0.15, -0.1) is 0 Å². The Balaban J connectivity index is 1.97. The number of nitrogens with zero attached hydrogens (tertiary/aromatic N) is 1. The standard InChI is InChI=1S/C15H16N2O3/c18-13-3-1-11(2-4-13)9-14(15(19)20)17-10-12-5-7-16-8-6-12/h1-8,14,17-18H,9-10H2,(H,19,20)/t14-/m0/s1. The quantitative estimate of drug-likeness (QED) is 0.743. The number of carboxylic acid groups (broad SMARTS) is 1. The van der Waals surface area contributed by atoms with E-state index in [9.17, 15) is 15.0 Å². The van der Waals surface area contributed by atoms with Crippen LogP contribution in [0.15, 0.2) is 48.8 Å². The molecule has 0 spiro atoms. The van der Waals surface area contributed by atoms with E-state index in [1.165, 1.54) is 0 Å². The summed E-state index contributed by atoms with van der Waals surface area (Å²) in [6.45, 7) is 0.470. The van der Waals surface area contributed by atoms with Crippen LogP contribution in [0.25, 0.3) is 0 Å². The smallest absolute Gasteiger partial charge is 0.321 e. The zero-order valence-electron chi connectivity index (χ0n) is 10.9. The fourth-order valence-corrected chi connectivity index (χ4v) is 1.86. The van der Waals surface area contributed by atoms with Crippen molar-refractivity contribution in [2.75, 3.05) is 0 Å². The van der Waals surface area contributed by atoms with Gasteiger partial charge in [-0.3, -0.25) is 9.78 Å². The van der Waals surface area contributed by atoms with Gasteiger partial charge in [0.25, 0.3) is 0 Å². The number of carboxylic acids is 1. The molecule has 0 saturated carbocycles. The van der Waals surface area contributed by atoms with Gasteiger partial charge in [0.15, 0.2) is 0 Å². The second kappa shape index (κ2) is 6.68. The lowest BCUT2D eigenvalue weighted by atomic mass is 10.1. The number of carbonyl (C=O) groups is 1. The largest absolute Gasteiger partial charge is 0.508 e. The number of aromatic nitrogens is 1. The van der Waals surface area contributed by atoms with Crippen molar-refractivity contribution in [2.24, 2.45) is 0 Å². The van der Waals surface area contributed by atoms with E-state index in [1.807, 2.05) is 12.1 Å². The van der Waals surface area contributed by atoms with E-state index in [4.69, 9.17) is 0 Å². The molecule has 0 radical (unpaired) electrons. The molecule has 5 heteroatoms. The second-order valence-corrected chi connectivity index (χ2v) is 4.50. The number of hydrogen-bond acceptors (Lipinski definition) is 4. The Bertz CT molecular complexity index is 555. The van der Waals surface area contributed by atoms with Crippen LogP contribution in [0.2, 0.25) is 0 Å². The molecule has 0 amide bonds. The summed E-state index contributed by atoms with van der Waals surface area (Å²) in [6.07, 6.45) is 3.71. The maximum atomic E-state index is 11.3. The molecule has 0 saturated heterocycles. The number of benzene rings is 1. The topological polar surface area (TPSA) is 82.5 Å². The van der Waals surface area contributed by atoms with Crippen molar-refractivity contribution >= 4 is 5.97 Å². The van der Waals surface area contributed by atoms with E-state index in [0.29, 0.717) is 13.0 Å². The summed E-state index contributed by atoms with van der Waals surface area (Å²) >= 11 is 0. The molecule has 5 nitrogen and oxygen atoms in total. The third-order valence-electron chi connectivity index (χ3n) is 2.98. The Morgan fingerprint density at radius 2 is 1.75 bits per heavy atom. The minimum absolute atomic E-state index is 0.172. The number of phenolic OH excluding ortho intramolecular Hbond substituents is 1. The Hall–Kier alpha value is -2.40. The van der Waals surface area contributed by atoms with Crippen LogP contribution >= 0.6 is 0 Å². The zero-order chi connectivity index (χ0) is 14.4. The third-order valence-corrected chi connectivity index (χ3v) is 2.98. The highest BCUT2D eigenvalue weighted by atomic mass is 16.4. The van der Waals surface area contributed by atoms with Crippen LogP contribution in [-0.4, -0.2) is 27.2 Å². The van der Waals surface area contributed by atoms with Crippen molar-refractivity contribution in [3.63, 3.8) is 0 Å². The predicted octanol–water partition coefficient (Wildman–Crippen LogP) is 1.57. The number of nitrogens with one attached hydrogen (secondary N) is 1. The molecule has 1 atom stereocenters. The predicted molar refractivity (Wildman–Crippen MR) is 74.3 cm³/mol. The average molecular weight is 272 g/mol. The van der Waals surface area contributed by atoms with Crippen LogP contribution < -0.4 is 5.32 Å². The van der Waals surface area contributed by atoms with Crippen molar-refractivity contribution in [1.29, 1.82) is 0 Å². The zero-order valence-corrected chi connectivity index (χ0v) is 10.9. The van der Waals surface area contributed by atoms with E-state index >= 15 is 0 Å². The van der Waals surface area contributed by atoms with Crippen molar-refractivity contribution in [2.45, 2.75) is 19.0 Å². The molecule has 0 bridgehead atoms. The van der Waals surface area contributed by atoms with E-state index in [2.05, 4.69) is 10.3 Å². The van der Waals surface area contributed by atoms with E-state index < -0.39 is 12.0 Å². The fraction of sp³-hybridized carbons (Fsp3) is 0.200. The van der Waals surface area contributed by atoms with Gasteiger partial charge in [0.1, 0.15) is 11.8 Å². The lowest BCUT2D eigenvalue weighted by Gasteiger charge is -2.14. The molecule has 0 unspecified atom stereocenters. The molecule has 104 valence electrons. The van der Waals surface area contributed by atoms with Gasteiger partial charge in [-0.25, -0.2) is 0 Å². The first kappa shape index (κ1) is 14.0. The molecule has 0 aliphatic rings. The minimum atomic E-state index is -0.896. The molecule has 0 aliphatic carbocycles. The fourth-order valence-electron chi connectivity index (χ4n) is 1.86. The highest BCUT2D eigenvalue weighted by Crippen LogP contribution is 2.11. The molecule has 1 heterocycles. The third kappa shape index (κ3) is 4.07. The van der Waals surface area contributed by atoms with Gasteiger partial charge >= 0.3 is 5.97 Å². The summed E-state index contributed by atoms with van der Waals surface area (Å²) in [7, 11) is 0. The van der Waals surface area contributed by atoms with Gasteiger partial charge < -0.3 is 15.5 Å². The van der Waals surface area contributed by atoms with Gasteiger partial charge in [-0.1, -0.05) is 12.1 Å². The second-order valence-electron chi connectivity index (χ2n) is 4.50. The SMILES string of the molecule is O=C(O)[C@H](Cc1ccc(O)cc1)NCc1ccncc1. The Morgan fingerprint density at radius 3 is 2.35 bits per heavy atom. The van der Waals surface area contributed by atoms with Gasteiger partial charge in [0, 0.05) is 18.9 Å². The van der Waals surface area contributed by atoms with Crippen LogP contribution in [0, 0.1) is 0 Å². The minimum Gasteiger partial charge on any atom is -0.508 e.